The summed E-state index contributed by atoms with van der Waals surface area (Å²) in [5.41, 5.74) is 4.91. The number of nitrogens with zero attached hydrogens (tertiary/aromatic N) is 1. The Bertz CT molecular complexity index is 814. The van der Waals surface area contributed by atoms with Crippen molar-refractivity contribution in [3.63, 3.8) is 0 Å². The van der Waals surface area contributed by atoms with Gasteiger partial charge in [-0.2, -0.15) is 0 Å². The zero-order valence-electron chi connectivity index (χ0n) is 13.7. The van der Waals surface area contributed by atoms with Gasteiger partial charge in [0, 0.05) is 12.1 Å². The van der Waals surface area contributed by atoms with E-state index in [4.69, 9.17) is 0 Å². The van der Waals surface area contributed by atoms with Crippen molar-refractivity contribution in [1.82, 2.24) is 5.32 Å². The quantitative estimate of drug-likeness (QED) is 0.945. The molecular formula is C20H20N2O2. The van der Waals surface area contributed by atoms with Crippen molar-refractivity contribution >= 4 is 17.5 Å². The third-order valence-corrected chi connectivity index (χ3v) is 4.92. The largest absolute Gasteiger partial charge is 0.346 e. The summed E-state index contributed by atoms with van der Waals surface area (Å²) in [5.74, 6) is 0.0723. The SMILES string of the molecule is CC(NC(=O)c1cc2c3c(c1)CC(=O)N3CCC2)c1ccccc1. The van der Waals surface area contributed by atoms with E-state index >= 15 is 0 Å². The topological polar surface area (TPSA) is 49.4 Å². The van der Waals surface area contributed by atoms with Gasteiger partial charge in [-0.1, -0.05) is 30.3 Å². The highest BCUT2D eigenvalue weighted by Gasteiger charge is 2.33. The van der Waals surface area contributed by atoms with Crippen molar-refractivity contribution in [2.75, 3.05) is 11.4 Å². The minimum absolute atomic E-state index is 0.0542. The van der Waals surface area contributed by atoms with Gasteiger partial charge in [-0.3, -0.25) is 9.59 Å². The van der Waals surface area contributed by atoms with E-state index in [2.05, 4.69) is 5.32 Å². The van der Waals surface area contributed by atoms with Crippen LogP contribution < -0.4 is 10.2 Å². The van der Waals surface area contributed by atoms with Gasteiger partial charge in [-0.15, -0.1) is 0 Å². The summed E-state index contributed by atoms with van der Waals surface area (Å²) in [6.07, 6.45) is 2.31. The van der Waals surface area contributed by atoms with Crippen LogP contribution in [0.5, 0.6) is 0 Å². The van der Waals surface area contributed by atoms with E-state index in [1.165, 1.54) is 0 Å². The van der Waals surface area contributed by atoms with Gasteiger partial charge in [0.2, 0.25) is 5.91 Å². The fraction of sp³-hybridized carbons (Fsp3) is 0.300. The van der Waals surface area contributed by atoms with Crippen LogP contribution in [-0.2, 0) is 17.6 Å². The smallest absolute Gasteiger partial charge is 0.251 e. The minimum atomic E-state index is -0.0816. The second-order valence-corrected chi connectivity index (χ2v) is 6.57. The van der Waals surface area contributed by atoms with Crippen molar-refractivity contribution in [3.05, 3.63) is 64.7 Å². The molecule has 0 saturated heterocycles. The molecule has 1 N–H and O–H groups in total. The number of rotatable bonds is 3. The summed E-state index contributed by atoms with van der Waals surface area (Å²) >= 11 is 0. The Balaban J connectivity index is 1.60. The first-order chi connectivity index (χ1) is 11.6. The van der Waals surface area contributed by atoms with Gasteiger partial charge in [0.25, 0.3) is 5.91 Å². The lowest BCUT2D eigenvalue weighted by Gasteiger charge is -2.26. The monoisotopic (exact) mass is 320 g/mol. The average molecular weight is 320 g/mol. The molecule has 2 heterocycles. The molecule has 0 spiro atoms. The van der Waals surface area contributed by atoms with Crippen molar-refractivity contribution in [1.29, 1.82) is 0 Å². The summed E-state index contributed by atoms with van der Waals surface area (Å²) in [5, 5.41) is 3.06. The summed E-state index contributed by atoms with van der Waals surface area (Å²) in [7, 11) is 0. The van der Waals surface area contributed by atoms with Gasteiger partial charge in [0.1, 0.15) is 0 Å². The molecule has 0 radical (unpaired) electrons. The Morgan fingerprint density at radius 2 is 1.92 bits per heavy atom. The number of nitrogens with one attached hydrogen (secondary N) is 1. The standard InChI is InChI=1S/C20H20N2O2/c1-13(14-6-3-2-4-7-14)21-20(24)17-10-15-8-5-9-22-18(23)12-16(11-17)19(15)22/h2-4,6-7,10-11,13H,5,8-9,12H2,1H3,(H,21,24). The second-order valence-electron chi connectivity index (χ2n) is 6.57. The number of benzene rings is 2. The molecule has 2 aromatic rings. The van der Waals surface area contributed by atoms with Crippen molar-refractivity contribution < 1.29 is 9.59 Å². The number of carbonyl (C=O) groups excluding carboxylic acids is 2. The Morgan fingerprint density at radius 3 is 2.71 bits per heavy atom. The first-order valence-corrected chi connectivity index (χ1v) is 8.45. The molecule has 1 unspecified atom stereocenters. The lowest BCUT2D eigenvalue weighted by atomic mass is 9.96. The predicted octanol–water partition coefficient (Wildman–Crippen LogP) is 3.01. The van der Waals surface area contributed by atoms with Gasteiger partial charge in [0.15, 0.2) is 0 Å². The number of anilines is 1. The van der Waals surface area contributed by atoms with Crippen LogP contribution in [0.15, 0.2) is 42.5 Å². The number of hydrogen-bond donors (Lipinski definition) is 1. The lowest BCUT2D eigenvalue weighted by Crippen LogP contribution is -2.31. The highest BCUT2D eigenvalue weighted by molar-refractivity contribution is 6.04. The van der Waals surface area contributed by atoms with E-state index < -0.39 is 0 Å². The Labute approximate surface area is 141 Å². The molecule has 122 valence electrons. The molecule has 4 heteroatoms. The summed E-state index contributed by atoms with van der Waals surface area (Å²) in [6.45, 7) is 2.78. The highest BCUT2D eigenvalue weighted by atomic mass is 16.2. The maximum Gasteiger partial charge on any atom is 0.251 e. The number of carbonyl (C=O) groups is 2. The summed E-state index contributed by atoms with van der Waals surface area (Å²) < 4.78 is 0. The van der Waals surface area contributed by atoms with Gasteiger partial charge < -0.3 is 10.2 Å². The maximum absolute atomic E-state index is 12.7. The lowest BCUT2D eigenvalue weighted by molar-refractivity contribution is -0.117. The van der Waals surface area contributed by atoms with Gasteiger partial charge in [0.05, 0.1) is 18.2 Å². The molecule has 1 atom stereocenters. The third-order valence-electron chi connectivity index (χ3n) is 4.92. The van der Waals surface area contributed by atoms with Crippen LogP contribution in [-0.4, -0.2) is 18.4 Å². The second kappa shape index (κ2) is 5.78. The zero-order chi connectivity index (χ0) is 16.7. The minimum Gasteiger partial charge on any atom is -0.346 e. The predicted molar refractivity (Wildman–Crippen MR) is 93.1 cm³/mol. The molecule has 4 nitrogen and oxygen atoms in total. The molecule has 4 rings (SSSR count). The highest BCUT2D eigenvalue weighted by Crippen LogP contribution is 2.37. The molecular weight excluding hydrogens is 300 g/mol. The molecule has 0 aliphatic carbocycles. The maximum atomic E-state index is 12.7. The van der Waals surface area contributed by atoms with Gasteiger partial charge in [-0.05, 0) is 48.6 Å². The molecule has 0 bridgehead atoms. The summed E-state index contributed by atoms with van der Waals surface area (Å²) in [6, 6.07) is 13.7. The zero-order valence-corrected chi connectivity index (χ0v) is 13.7. The first kappa shape index (κ1) is 14.9. The molecule has 24 heavy (non-hydrogen) atoms. The van der Waals surface area contributed by atoms with Crippen molar-refractivity contribution in [2.24, 2.45) is 0 Å². The number of hydrogen-bond acceptors (Lipinski definition) is 2. The summed E-state index contributed by atoms with van der Waals surface area (Å²) in [4.78, 5) is 26.7. The Hall–Kier alpha value is -2.62. The Morgan fingerprint density at radius 1 is 1.17 bits per heavy atom. The van der Waals surface area contributed by atoms with E-state index in [0.29, 0.717) is 12.0 Å². The molecule has 2 aliphatic rings. The Kier molecular flexibility index (Phi) is 3.60. The molecule has 0 saturated carbocycles. The van der Waals surface area contributed by atoms with Crippen LogP contribution in [0.25, 0.3) is 0 Å². The van der Waals surface area contributed by atoms with Crippen molar-refractivity contribution in [3.8, 4) is 0 Å². The van der Waals surface area contributed by atoms with Crippen LogP contribution >= 0.6 is 0 Å². The average Bonchev–Trinajstić information content (AvgIpc) is 2.93. The number of amides is 2. The molecule has 0 fully saturated rings. The van der Waals surface area contributed by atoms with E-state index in [0.717, 1.165) is 41.8 Å². The normalized spacial score (nSPS) is 16.7. The van der Waals surface area contributed by atoms with Crippen LogP contribution in [0.3, 0.4) is 0 Å². The van der Waals surface area contributed by atoms with Gasteiger partial charge >= 0.3 is 0 Å². The molecule has 0 aromatic heterocycles. The van der Waals surface area contributed by atoms with E-state index in [1.807, 2.05) is 54.3 Å². The van der Waals surface area contributed by atoms with E-state index in [-0.39, 0.29) is 17.9 Å². The molecule has 2 aliphatic heterocycles. The van der Waals surface area contributed by atoms with Gasteiger partial charge in [-0.25, -0.2) is 0 Å². The van der Waals surface area contributed by atoms with Crippen LogP contribution in [0.4, 0.5) is 5.69 Å². The fourth-order valence-electron chi connectivity index (χ4n) is 3.72. The van der Waals surface area contributed by atoms with E-state index in [9.17, 15) is 9.59 Å². The third kappa shape index (κ3) is 2.48. The molecule has 2 aromatic carbocycles. The van der Waals surface area contributed by atoms with Crippen LogP contribution in [0, 0.1) is 0 Å². The molecule has 2 amide bonds. The van der Waals surface area contributed by atoms with Crippen molar-refractivity contribution in [2.45, 2.75) is 32.2 Å². The first-order valence-electron chi connectivity index (χ1n) is 8.45. The van der Waals surface area contributed by atoms with Crippen LogP contribution in [0.2, 0.25) is 0 Å². The fourth-order valence-corrected chi connectivity index (χ4v) is 3.72. The van der Waals surface area contributed by atoms with E-state index in [1.54, 1.807) is 0 Å². The number of aryl methyl sites for hydroxylation is 1. The van der Waals surface area contributed by atoms with Crippen LogP contribution in [0.1, 0.15) is 46.4 Å².